The summed E-state index contributed by atoms with van der Waals surface area (Å²) in [4.78, 5) is 26.6. The highest BCUT2D eigenvalue weighted by Gasteiger charge is 2.30. The first-order chi connectivity index (χ1) is 17.5. The van der Waals surface area contributed by atoms with Crippen LogP contribution in [0.25, 0.3) is 10.9 Å². The van der Waals surface area contributed by atoms with Crippen molar-refractivity contribution in [1.29, 1.82) is 0 Å². The van der Waals surface area contributed by atoms with Crippen LogP contribution in [0.15, 0.2) is 54.1 Å². The van der Waals surface area contributed by atoms with Crippen molar-refractivity contribution in [1.82, 2.24) is 19.9 Å². The number of hydrogen-bond donors (Lipinski definition) is 2. The van der Waals surface area contributed by atoms with Crippen LogP contribution < -0.4 is 4.74 Å². The summed E-state index contributed by atoms with van der Waals surface area (Å²) in [7, 11) is 1.63. The first-order valence-electron chi connectivity index (χ1n) is 12.5. The van der Waals surface area contributed by atoms with Crippen molar-refractivity contribution < 1.29 is 19.7 Å². The number of aliphatic hydroxyl groups excluding tert-OH is 1. The van der Waals surface area contributed by atoms with E-state index in [1.807, 2.05) is 24.3 Å². The Morgan fingerprint density at radius 1 is 1.19 bits per heavy atom. The number of thioether (sulfide) groups is 1. The first kappa shape index (κ1) is 26.3. The highest BCUT2D eigenvalue weighted by Crippen LogP contribution is 2.35. The molecule has 8 nitrogen and oxygen atoms in total. The molecule has 1 fully saturated rings. The van der Waals surface area contributed by atoms with Crippen LogP contribution in [-0.2, 0) is 4.79 Å². The summed E-state index contributed by atoms with van der Waals surface area (Å²) >= 11 is 1.69. The molecule has 0 spiro atoms. The molecule has 1 aromatic carbocycles. The number of nitrogens with zero attached hydrogens (tertiary/aromatic N) is 4. The summed E-state index contributed by atoms with van der Waals surface area (Å²) in [5, 5.41) is 22.2. The molecule has 192 valence electrons. The zero-order valence-corrected chi connectivity index (χ0v) is 21.4. The summed E-state index contributed by atoms with van der Waals surface area (Å²) in [5.41, 5.74) is 1.69. The molecule has 0 amide bonds. The number of aliphatic hydroxyl groups is 1. The van der Waals surface area contributed by atoms with E-state index in [1.54, 1.807) is 43.7 Å². The minimum absolute atomic E-state index is 0.181. The third kappa shape index (κ3) is 7.15. The maximum Gasteiger partial charge on any atom is 0.303 e. The first-order valence-corrected chi connectivity index (χ1v) is 13.5. The number of piperidine rings is 1. The van der Waals surface area contributed by atoms with Gasteiger partial charge in [0, 0.05) is 49.2 Å². The third-order valence-electron chi connectivity index (χ3n) is 7.05. The summed E-state index contributed by atoms with van der Waals surface area (Å²) < 4.78 is 5.37. The zero-order valence-electron chi connectivity index (χ0n) is 20.6. The summed E-state index contributed by atoms with van der Waals surface area (Å²) in [6, 6.07) is 7.59. The topological polar surface area (TPSA) is 109 Å². The molecule has 1 saturated heterocycles. The number of carbonyl (C=O) groups is 1. The standard InChI is InChI=1S/C27H34N4O4S/c1-35-21-4-5-24-23(16-21)22(8-10-29-24)25(32)6-2-19-9-13-31(18-20(19)3-7-27(33)34)14-15-36-26-17-28-11-12-30-26/h4-5,8,10-12,16-17,19-20,25,32H,2-3,6-7,9,13-15,18H2,1H3,(H,33,34)/t19-,20-,25-/m1/s1. The summed E-state index contributed by atoms with van der Waals surface area (Å²) in [5.74, 6) is 1.61. The number of pyridine rings is 1. The predicted molar refractivity (Wildman–Crippen MR) is 140 cm³/mol. The lowest BCUT2D eigenvalue weighted by Crippen LogP contribution is -2.41. The van der Waals surface area contributed by atoms with Gasteiger partial charge in [-0.2, -0.15) is 0 Å². The SMILES string of the molecule is COc1ccc2nccc([C@H](O)CC[C@@H]3CCN(CCSc4cnccn4)C[C@H]3CCC(=O)O)c2c1. The van der Waals surface area contributed by atoms with Crippen LogP contribution in [0.1, 0.15) is 43.8 Å². The van der Waals surface area contributed by atoms with Crippen LogP contribution in [0.2, 0.25) is 0 Å². The maximum atomic E-state index is 11.3. The van der Waals surface area contributed by atoms with Gasteiger partial charge in [-0.3, -0.25) is 14.8 Å². The van der Waals surface area contributed by atoms with E-state index in [1.165, 1.54) is 0 Å². The second-order valence-corrected chi connectivity index (χ2v) is 10.4. The van der Waals surface area contributed by atoms with Crippen molar-refractivity contribution in [3.8, 4) is 5.75 Å². The van der Waals surface area contributed by atoms with E-state index in [-0.39, 0.29) is 6.42 Å². The van der Waals surface area contributed by atoms with E-state index >= 15 is 0 Å². The Morgan fingerprint density at radius 2 is 2.08 bits per heavy atom. The number of hydrogen-bond acceptors (Lipinski definition) is 8. The van der Waals surface area contributed by atoms with Crippen LogP contribution in [0, 0.1) is 11.8 Å². The minimum Gasteiger partial charge on any atom is -0.497 e. The molecule has 4 rings (SSSR count). The predicted octanol–water partition coefficient (Wildman–Crippen LogP) is 4.44. The van der Waals surface area contributed by atoms with Crippen LogP contribution in [0.4, 0.5) is 0 Å². The summed E-state index contributed by atoms with van der Waals surface area (Å²) in [6.45, 7) is 2.82. The molecule has 0 saturated carbocycles. The maximum absolute atomic E-state index is 11.3. The van der Waals surface area contributed by atoms with Gasteiger partial charge in [-0.15, -0.1) is 11.8 Å². The largest absolute Gasteiger partial charge is 0.497 e. The van der Waals surface area contributed by atoms with Crippen molar-refractivity contribution in [3.63, 3.8) is 0 Å². The lowest BCUT2D eigenvalue weighted by Gasteiger charge is -2.39. The lowest BCUT2D eigenvalue weighted by atomic mass is 9.79. The fourth-order valence-corrected chi connectivity index (χ4v) is 5.94. The molecule has 3 aromatic rings. The van der Waals surface area contributed by atoms with Gasteiger partial charge in [-0.05, 0) is 73.9 Å². The third-order valence-corrected chi connectivity index (χ3v) is 7.95. The molecule has 1 aliphatic heterocycles. The number of carboxylic acid groups (broad SMARTS) is 1. The van der Waals surface area contributed by atoms with Crippen LogP contribution in [0.3, 0.4) is 0 Å². The van der Waals surface area contributed by atoms with E-state index in [9.17, 15) is 15.0 Å². The van der Waals surface area contributed by atoms with Gasteiger partial charge in [0.25, 0.3) is 0 Å². The molecule has 3 atom stereocenters. The Hall–Kier alpha value is -2.75. The molecular formula is C27H34N4O4S. The quantitative estimate of drug-likeness (QED) is 0.342. The van der Waals surface area contributed by atoms with Gasteiger partial charge in [-0.1, -0.05) is 0 Å². The average Bonchev–Trinajstić information content (AvgIpc) is 2.91. The molecule has 2 aromatic heterocycles. The van der Waals surface area contributed by atoms with E-state index in [2.05, 4.69) is 19.9 Å². The van der Waals surface area contributed by atoms with Gasteiger partial charge < -0.3 is 19.8 Å². The molecule has 0 aliphatic carbocycles. The van der Waals surface area contributed by atoms with Gasteiger partial charge in [-0.25, -0.2) is 4.98 Å². The normalized spacial score (nSPS) is 19.3. The minimum atomic E-state index is -0.749. The Morgan fingerprint density at radius 3 is 2.86 bits per heavy atom. The molecule has 0 bridgehead atoms. The van der Waals surface area contributed by atoms with Crippen molar-refractivity contribution in [2.75, 3.05) is 32.5 Å². The molecular weight excluding hydrogens is 476 g/mol. The molecule has 0 radical (unpaired) electrons. The second-order valence-electron chi connectivity index (χ2n) is 9.31. The average molecular weight is 511 g/mol. The number of fused-ring (bicyclic) bond motifs is 1. The molecule has 3 heterocycles. The summed E-state index contributed by atoms with van der Waals surface area (Å²) in [6.07, 6.45) is 9.64. The van der Waals surface area contributed by atoms with E-state index in [0.29, 0.717) is 24.7 Å². The van der Waals surface area contributed by atoms with Crippen molar-refractivity contribution in [2.45, 2.75) is 43.2 Å². The number of aromatic nitrogens is 3. The number of aliphatic carboxylic acids is 1. The number of rotatable bonds is 12. The molecule has 36 heavy (non-hydrogen) atoms. The van der Waals surface area contributed by atoms with Crippen molar-refractivity contribution >= 4 is 28.6 Å². The molecule has 1 aliphatic rings. The number of carboxylic acids is 1. The Bertz CT molecular complexity index is 1130. The van der Waals surface area contributed by atoms with Crippen molar-refractivity contribution in [2.24, 2.45) is 11.8 Å². The highest BCUT2D eigenvalue weighted by molar-refractivity contribution is 7.99. The fraction of sp³-hybridized carbons (Fsp3) is 0.481. The monoisotopic (exact) mass is 510 g/mol. The number of ether oxygens (including phenoxy) is 1. The van der Waals surface area contributed by atoms with Gasteiger partial charge in [0.2, 0.25) is 0 Å². The molecule has 0 unspecified atom stereocenters. The Balaban J connectivity index is 1.35. The van der Waals surface area contributed by atoms with Gasteiger partial charge in [0.05, 0.1) is 24.9 Å². The van der Waals surface area contributed by atoms with Gasteiger partial charge in [0.1, 0.15) is 10.8 Å². The smallest absolute Gasteiger partial charge is 0.303 e. The highest BCUT2D eigenvalue weighted by atomic mass is 32.2. The van der Waals surface area contributed by atoms with E-state index in [0.717, 1.165) is 65.5 Å². The molecule has 2 N–H and O–H groups in total. The Labute approximate surface area is 216 Å². The van der Waals surface area contributed by atoms with E-state index < -0.39 is 12.1 Å². The van der Waals surface area contributed by atoms with Gasteiger partial charge >= 0.3 is 5.97 Å². The number of likely N-dealkylation sites (tertiary alicyclic amines) is 1. The van der Waals surface area contributed by atoms with Gasteiger partial charge in [0.15, 0.2) is 0 Å². The number of methoxy groups -OCH3 is 1. The Kier molecular flexibility index (Phi) is 9.49. The fourth-order valence-electron chi connectivity index (χ4n) is 5.11. The lowest BCUT2D eigenvalue weighted by molar-refractivity contribution is -0.137. The zero-order chi connectivity index (χ0) is 25.3. The number of benzene rings is 1. The van der Waals surface area contributed by atoms with Crippen molar-refractivity contribution in [3.05, 3.63) is 54.6 Å². The second kappa shape index (κ2) is 13.0. The van der Waals surface area contributed by atoms with Crippen LogP contribution in [0.5, 0.6) is 5.75 Å². The van der Waals surface area contributed by atoms with Crippen LogP contribution >= 0.6 is 11.8 Å². The van der Waals surface area contributed by atoms with E-state index in [4.69, 9.17) is 4.74 Å². The van der Waals surface area contributed by atoms with Crippen LogP contribution in [-0.4, -0.2) is 68.5 Å². The molecule has 9 heteroatoms.